The van der Waals surface area contributed by atoms with Crippen LogP contribution in [0.5, 0.6) is 0 Å². The van der Waals surface area contributed by atoms with Gasteiger partial charge in [-0.2, -0.15) is 0 Å². The Bertz CT molecular complexity index is 1390. The average Bonchev–Trinajstić information content (AvgIpc) is 2.85. The summed E-state index contributed by atoms with van der Waals surface area (Å²) < 4.78 is 27.5. The minimum Gasteiger partial charge on any atom is -0.322 e. The zero-order valence-corrected chi connectivity index (χ0v) is 19.8. The van der Waals surface area contributed by atoms with Gasteiger partial charge in [-0.05, 0) is 73.0 Å². The van der Waals surface area contributed by atoms with Crippen LogP contribution in [0.25, 0.3) is 0 Å². The summed E-state index contributed by atoms with van der Waals surface area (Å²) >= 11 is 0. The zero-order valence-electron chi connectivity index (χ0n) is 19.0. The van der Waals surface area contributed by atoms with E-state index in [4.69, 9.17) is 0 Å². The number of nitrogens with zero attached hydrogens (tertiary/aromatic N) is 2. The number of para-hydroxylation sites is 1. The second-order valence-electron chi connectivity index (χ2n) is 7.99. The van der Waals surface area contributed by atoms with Crippen molar-refractivity contribution in [3.8, 4) is 0 Å². The van der Waals surface area contributed by atoms with E-state index in [-0.39, 0.29) is 16.4 Å². The van der Waals surface area contributed by atoms with Gasteiger partial charge in [0.2, 0.25) is 0 Å². The van der Waals surface area contributed by atoms with Gasteiger partial charge in [0, 0.05) is 25.1 Å². The van der Waals surface area contributed by atoms with Crippen molar-refractivity contribution >= 4 is 27.3 Å². The van der Waals surface area contributed by atoms with E-state index in [9.17, 15) is 13.2 Å². The maximum absolute atomic E-state index is 13.2. The first-order valence-corrected chi connectivity index (χ1v) is 12.2. The Morgan fingerprint density at radius 1 is 0.853 bits per heavy atom. The smallest absolute Gasteiger partial charge is 0.264 e. The summed E-state index contributed by atoms with van der Waals surface area (Å²) in [5.41, 5.74) is 4.42. The summed E-state index contributed by atoms with van der Waals surface area (Å²) in [7, 11) is -2.37. The molecule has 1 N–H and O–H groups in total. The van der Waals surface area contributed by atoms with E-state index in [1.54, 1.807) is 60.9 Å². The molecule has 0 spiro atoms. The van der Waals surface area contributed by atoms with Crippen LogP contribution >= 0.6 is 0 Å². The van der Waals surface area contributed by atoms with E-state index >= 15 is 0 Å². The van der Waals surface area contributed by atoms with E-state index in [1.165, 1.54) is 7.05 Å². The molecular weight excluding hydrogens is 446 g/mol. The number of aromatic nitrogens is 1. The zero-order chi connectivity index (χ0) is 24.1. The number of carbonyl (C=O) groups is 1. The van der Waals surface area contributed by atoms with Gasteiger partial charge in [-0.1, -0.05) is 42.0 Å². The monoisotopic (exact) mass is 471 g/mol. The third-order valence-electron chi connectivity index (χ3n) is 5.54. The molecule has 1 amide bonds. The molecule has 34 heavy (non-hydrogen) atoms. The summed E-state index contributed by atoms with van der Waals surface area (Å²) in [5.74, 6) is -0.386. The molecule has 0 saturated heterocycles. The average molecular weight is 472 g/mol. The van der Waals surface area contributed by atoms with E-state index in [0.29, 0.717) is 11.4 Å². The number of nitrogens with one attached hydrogen (secondary N) is 1. The lowest BCUT2D eigenvalue weighted by molar-refractivity contribution is 0.102. The minimum atomic E-state index is -3.82. The number of hydrogen-bond donors (Lipinski definition) is 1. The molecule has 7 heteroatoms. The molecule has 172 valence electrons. The molecule has 4 aromatic rings. The Labute approximate surface area is 200 Å². The van der Waals surface area contributed by atoms with E-state index in [0.717, 1.165) is 27.4 Å². The highest BCUT2D eigenvalue weighted by atomic mass is 32.2. The Morgan fingerprint density at radius 3 is 2.15 bits per heavy atom. The number of carbonyl (C=O) groups excluding carboxylic acids is 1. The third-order valence-corrected chi connectivity index (χ3v) is 7.32. The highest BCUT2D eigenvalue weighted by molar-refractivity contribution is 7.92. The number of sulfonamides is 1. The van der Waals surface area contributed by atoms with Gasteiger partial charge in [-0.3, -0.25) is 14.1 Å². The summed E-state index contributed by atoms with van der Waals surface area (Å²) in [4.78, 5) is 17.3. The van der Waals surface area contributed by atoms with E-state index in [1.807, 2.05) is 43.3 Å². The van der Waals surface area contributed by atoms with Gasteiger partial charge >= 0.3 is 0 Å². The summed E-state index contributed by atoms with van der Waals surface area (Å²) in [6.45, 7) is 1.89. The van der Waals surface area contributed by atoms with Crippen LogP contribution in [0, 0.1) is 6.92 Å². The number of anilines is 2. The first-order valence-electron chi connectivity index (χ1n) is 10.8. The largest absolute Gasteiger partial charge is 0.322 e. The fourth-order valence-corrected chi connectivity index (χ4v) is 4.79. The SMILES string of the molecule is Cc1ccc(S(=O)(=O)N(C)c2ccccc2C(=O)Nc2ccc(Cc3ccncc3)cc2)cc1. The molecule has 0 radical (unpaired) electrons. The highest BCUT2D eigenvalue weighted by Crippen LogP contribution is 2.27. The minimum absolute atomic E-state index is 0.167. The summed E-state index contributed by atoms with van der Waals surface area (Å²) in [6, 6.07) is 24.8. The maximum Gasteiger partial charge on any atom is 0.264 e. The molecule has 1 aromatic heterocycles. The van der Waals surface area contributed by atoms with Crippen molar-refractivity contribution in [3.63, 3.8) is 0 Å². The second kappa shape index (κ2) is 9.89. The number of hydrogen-bond acceptors (Lipinski definition) is 4. The van der Waals surface area contributed by atoms with Gasteiger partial charge in [0.15, 0.2) is 0 Å². The number of benzene rings is 3. The molecule has 0 aliphatic heterocycles. The van der Waals surface area contributed by atoms with Gasteiger partial charge < -0.3 is 5.32 Å². The van der Waals surface area contributed by atoms with Crippen molar-refractivity contribution < 1.29 is 13.2 Å². The second-order valence-corrected chi connectivity index (χ2v) is 9.96. The molecule has 0 saturated carbocycles. The Morgan fingerprint density at radius 2 is 1.47 bits per heavy atom. The molecule has 0 aliphatic carbocycles. The normalized spacial score (nSPS) is 11.1. The van der Waals surface area contributed by atoms with E-state index in [2.05, 4.69) is 10.3 Å². The third kappa shape index (κ3) is 5.15. The van der Waals surface area contributed by atoms with Gasteiger partial charge in [0.1, 0.15) is 0 Å². The Balaban J connectivity index is 1.53. The molecule has 0 unspecified atom stereocenters. The Hall–Kier alpha value is -3.97. The van der Waals surface area contributed by atoms with Crippen LogP contribution in [-0.4, -0.2) is 26.4 Å². The fraction of sp³-hybridized carbons (Fsp3) is 0.111. The number of rotatable bonds is 7. The van der Waals surface area contributed by atoms with Crippen molar-refractivity contribution in [1.82, 2.24) is 4.98 Å². The van der Waals surface area contributed by atoms with Crippen molar-refractivity contribution in [1.29, 1.82) is 0 Å². The quantitative estimate of drug-likeness (QED) is 0.409. The van der Waals surface area contributed by atoms with Gasteiger partial charge in [0.25, 0.3) is 15.9 Å². The molecule has 4 rings (SSSR count). The van der Waals surface area contributed by atoms with Crippen LogP contribution in [0.1, 0.15) is 27.0 Å². The number of aryl methyl sites for hydroxylation is 1. The molecular formula is C27H25N3O3S. The first kappa shape index (κ1) is 23.2. The lowest BCUT2D eigenvalue weighted by Crippen LogP contribution is -2.29. The van der Waals surface area contributed by atoms with Crippen molar-refractivity contribution in [2.45, 2.75) is 18.2 Å². The predicted molar refractivity (Wildman–Crippen MR) is 135 cm³/mol. The number of amides is 1. The summed E-state index contributed by atoms with van der Waals surface area (Å²) in [5, 5.41) is 2.87. The van der Waals surface area contributed by atoms with Gasteiger partial charge in [-0.25, -0.2) is 8.42 Å². The van der Waals surface area contributed by atoms with Crippen LogP contribution in [0.3, 0.4) is 0 Å². The van der Waals surface area contributed by atoms with E-state index < -0.39 is 10.0 Å². The van der Waals surface area contributed by atoms with Crippen molar-refractivity contribution in [2.24, 2.45) is 0 Å². The lowest BCUT2D eigenvalue weighted by atomic mass is 10.1. The Kier molecular flexibility index (Phi) is 6.75. The van der Waals surface area contributed by atoms with Gasteiger partial charge in [0.05, 0.1) is 16.1 Å². The lowest BCUT2D eigenvalue weighted by Gasteiger charge is -2.22. The van der Waals surface area contributed by atoms with Crippen molar-refractivity contribution in [2.75, 3.05) is 16.7 Å². The molecule has 0 fully saturated rings. The number of pyridine rings is 1. The van der Waals surface area contributed by atoms with Crippen LogP contribution in [0.2, 0.25) is 0 Å². The fourth-order valence-electron chi connectivity index (χ4n) is 3.58. The molecule has 3 aromatic carbocycles. The molecule has 0 atom stereocenters. The van der Waals surface area contributed by atoms with Crippen LogP contribution in [-0.2, 0) is 16.4 Å². The van der Waals surface area contributed by atoms with Crippen LogP contribution < -0.4 is 9.62 Å². The first-order chi connectivity index (χ1) is 16.3. The molecule has 0 bridgehead atoms. The molecule has 6 nitrogen and oxygen atoms in total. The predicted octanol–water partition coefficient (Wildman–Crippen LogP) is 5.06. The highest BCUT2D eigenvalue weighted by Gasteiger charge is 2.25. The topological polar surface area (TPSA) is 79.4 Å². The maximum atomic E-state index is 13.2. The molecule has 1 heterocycles. The summed E-state index contributed by atoms with van der Waals surface area (Å²) in [6.07, 6.45) is 4.29. The van der Waals surface area contributed by atoms with Crippen molar-refractivity contribution in [3.05, 3.63) is 120 Å². The standard InChI is InChI=1S/C27H25N3O3S/c1-20-7-13-24(14-8-20)34(32,33)30(2)26-6-4-3-5-25(26)27(31)29-23-11-9-21(10-12-23)19-22-15-17-28-18-16-22/h3-18H,19H2,1-2H3,(H,29,31). The van der Waals surface area contributed by atoms with Gasteiger partial charge in [-0.15, -0.1) is 0 Å². The molecule has 0 aliphatic rings. The van der Waals surface area contributed by atoms with Crippen LogP contribution in [0.4, 0.5) is 11.4 Å². The van der Waals surface area contributed by atoms with Crippen LogP contribution in [0.15, 0.2) is 102 Å².